The van der Waals surface area contributed by atoms with Gasteiger partial charge in [0.25, 0.3) is 0 Å². The van der Waals surface area contributed by atoms with Crippen LogP contribution in [0.1, 0.15) is 0 Å². The van der Waals surface area contributed by atoms with Crippen LogP contribution in [0.5, 0.6) is 0 Å². The van der Waals surface area contributed by atoms with Gasteiger partial charge in [0.15, 0.2) is 9.84 Å². The summed E-state index contributed by atoms with van der Waals surface area (Å²) in [7, 11) is -3.12. The quantitative estimate of drug-likeness (QED) is 0.800. The molecule has 2 rings (SSSR count). The predicted octanol–water partition coefficient (Wildman–Crippen LogP) is 1.61. The van der Waals surface area contributed by atoms with Gasteiger partial charge >= 0.3 is 0 Å². The summed E-state index contributed by atoms with van der Waals surface area (Å²) < 4.78 is 22.4. The minimum absolute atomic E-state index is 0.316. The minimum Gasteiger partial charge on any atom is -0.224 e. The van der Waals surface area contributed by atoms with Gasteiger partial charge in [0.05, 0.1) is 4.90 Å². The van der Waals surface area contributed by atoms with Gasteiger partial charge in [0.2, 0.25) is 0 Å². The second-order valence-electron chi connectivity index (χ2n) is 3.04. The summed E-state index contributed by atoms with van der Waals surface area (Å²) in [6.07, 6.45) is 1.19. The molecule has 0 saturated carbocycles. The Hall–Kier alpha value is -1.27. The number of rotatable bonds is 2. The second-order valence-corrected chi connectivity index (χ2v) is 5.89. The lowest BCUT2D eigenvalue weighted by Crippen LogP contribution is -1.96. The van der Waals surface area contributed by atoms with Crippen LogP contribution in [-0.4, -0.2) is 24.9 Å². The zero-order valence-electron chi connectivity index (χ0n) is 7.91. The Morgan fingerprint density at radius 1 is 1.20 bits per heavy atom. The van der Waals surface area contributed by atoms with Gasteiger partial charge in [-0.1, -0.05) is 23.5 Å². The van der Waals surface area contributed by atoms with E-state index in [4.69, 9.17) is 0 Å². The van der Waals surface area contributed by atoms with Gasteiger partial charge in [0.1, 0.15) is 10.5 Å². The van der Waals surface area contributed by atoms with Crippen molar-refractivity contribution in [2.45, 2.75) is 4.90 Å². The fraction of sp³-hybridized carbons (Fsp3) is 0.111. The molecular weight excluding hydrogens is 232 g/mol. The lowest BCUT2D eigenvalue weighted by Gasteiger charge is -1.98. The smallest absolute Gasteiger partial charge is 0.175 e. The Morgan fingerprint density at radius 3 is 2.33 bits per heavy atom. The average molecular weight is 240 g/mol. The Kier molecular flexibility index (Phi) is 2.54. The van der Waals surface area contributed by atoms with Crippen molar-refractivity contribution in [2.75, 3.05) is 6.26 Å². The monoisotopic (exact) mass is 240 g/mol. The van der Waals surface area contributed by atoms with Gasteiger partial charge in [-0.2, -0.15) is 0 Å². The van der Waals surface area contributed by atoms with Crippen molar-refractivity contribution < 1.29 is 8.42 Å². The highest BCUT2D eigenvalue weighted by molar-refractivity contribution is 7.90. The molecule has 1 aromatic carbocycles. The summed E-state index contributed by atoms with van der Waals surface area (Å²) in [5.74, 6) is 0. The van der Waals surface area contributed by atoms with Gasteiger partial charge in [-0.05, 0) is 12.1 Å². The van der Waals surface area contributed by atoms with E-state index in [1.807, 2.05) is 0 Å². The van der Waals surface area contributed by atoms with Crippen molar-refractivity contribution in [3.63, 3.8) is 0 Å². The first-order chi connectivity index (χ1) is 7.07. The van der Waals surface area contributed by atoms with Crippen LogP contribution in [0.2, 0.25) is 0 Å². The molecule has 15 heavy (non-hydrogen) atoms. The number of hydrogen-bond donors (Lipinski definition) is 0. The summed E-state index contributed by atoms with van der Waals surface area (Å²) in [5.41, 5.74) is 2.52. The fourth-order valence-electron chi connectivity index (χ4n) is 1.14. The zero-order valence-corrected chi connectivity index (χ0v) is 9.55. The molecule has 1 heterocycles. The molecule has 0 spiro atoms. The highest BCUT2D eigenvalue weighted by Gasteiger charge is 2.07. The number of hydrogen-bond acceptors (Lipinski definition) is 5. The summed E-state index contributed by atoms with van der Waals surface area (Å²) in [4.78, 5) is 0.316. The van der Waals surface area contributed by atoms with Crippen molar-refractivity contribution in [3.05, 3.63) is 29.8 Å². The van der Waals surface area contributed by atoms with Crippen LogP contribution in [-0.2, 0) is 9.84 Å². The molecule has 0 saturated heterocycles. The summed E-state index contributed by atoms with van der Waals surface area (Å²) >= 11 is 1.42. The Morgan fingerprint density at radius 2 is 1.87 bits per heavy atom. The molecule has 0 amide bonds. The van der Waals surface area contributed by atoms with E-state index in [1.54, 1.807) is 29.8 Å². The zero-order chi connectivity index (χ0) is 10.9. The van der Waals surface area contributed by atoms with Gasteiger partial charge in [-0.15, -0.1) is 10.2 Å². The first kappa shape index (κ1) is 10.3. The second kappa shape index (κ2) is 3.71. The van der Waals surface area contributed by atoms with Crippen LogP contribution in [0.4, 0.5) is 0 Å². The molecule has 4 nitrogen and oxygen atoms in total. The van der Waals surface area contributed by atoms with E-state index >= 15 is 0 Å². The molecule has 1 aromatic heterocycles. The van der Waals surface area contributed by atoms with E-state index in [0.717, 1.165) is 10.6 Å². The molecule has 0 bridgehead atoms. The van der Waals surface area contributed by atoms with Crippen LogP contribution in [0.3, 0.4) is 0 Å². The fourth-order valence-corrected chi connectivity index (χ4v) is 2.33. The van der Waals surface area contributed by atoms with Crippen LogP contribution < -0.4 is 0 Å². The van der Waals surface area contributed by atoms with Gasteiger partial charge < -0.3 is 0 Å². The van der Waals surface area contributed by atoms with Gasteiger partial charge in [-0.25, -0.2) is 8.42 Å². The van der Waals surface area contributed by atoms with Crippen LogP contribution in [0, 0.1) is 0 Å². The SMILES string of the molecule is CS(=O)(=O)c1ccc(-c2nncs2)cc1. The molecule has 6 heteroatoms. The number of benzene rings is 1. The Balaban J connectivity index is 2.42. The third kappa shape index (κ3) is 2.21. The van der Waals surface area contributed by atoms with Crippen LogP contribution in [0.15, 0.2) is 34.7 Å². The lowest BCUT2D eigenvalue weighted by molar-refractivity contribution is 0.602. The van der Waals surface area contributed by atoms with Crippen molar-refractivity contribution in [1.29, 1.82) is 0 Å². The molecule has 0 radical (unpaired) electrons. The maximum atomic E-state index is 11.2. The maximum Gasteiger partial charge on any atom is 0.175 e. The first-order valence-corrected chi connectivity index (χ1v) is 6.91. The van der Waals surface area contributed by atoms with Gasteiger partial charge in [-0.3, -0.25) is 0 Å². The summed E-state index contributed by atoms with van der Waals surface area (Å²) in [6.45, 7) is 0. The van der Waals surface area contributed by atoms with Crippen molar-refractivity contribution in [1.82, 2.24) is 10.2 Å². The van der Waals surface area contributed by atoms with E-state index in [0.29, 0.717) is 4.90 Å². The predicted molar refractivity (Wildman–Crippen MR) is 58.5 cm³/mol. The molecule has 78 valence electrons. The molecule has 0 atom stereocenters. The van der Waals surface area contributed by atoms with E-state index < -0.39 is 9.84 Å². The third-order valence-corrected chi connectivity index (χ3v) is 3.76. The molecule has 0 aliphatic rings. The largest absolute Gasteiger partial charge is 0.224 e. The standard InChI is InChI=1S/C9H8N2O2S2/c1-15(12,13)8-4-2-7(3-5-8)9-11-10-6-14-9/h2-6H,1H3. The summed E-state index contributed by atoms with van der Waals surface area (Å²) in [5, 5.41) is 8.40. The topological polar surface area (TPSA) is 59.9 Å². The Bertz CT molecular complexity index is 544. The number of sulfone groups is 1. The highest BCUT2D eigenvalue weighted by atomic mass is 32.2. The molecule has 2 aromatic rings. The maximum absolute atomic E-state index is 11.2. The van der Waals surface area contributed by atoms with Crippen LogP contribution in [0.25, 0.3) is 10.6 Å². The van der Waals surface area contributed by atoms with Crippen molar-refractivity contribution in [3.8, 4) is 10.6 Å². The molecule has 0 N–H and O–H groups in total. The first-order valence-electron chi connectivity index (χ1n) is 4.14. The highest BCUT2D eigenvalue weighted by Crippen LogP contribution is 2.21. The van der Waals surface area contributed by atoms with Crippen molar-refractivity contribution >= 4 is 21.2 Å². The summed E-state index contributed by atoms with van der Waals surface area (Å²) in [6, 6.07) is 6.62. The van der Waals surface area contributed by atoms with E-state index in [-0.39, 0.29) is 0 Å². The lowest BCUT2D eigenvalue weighted by atomic mass is 10.2. The minimum atomic E-state index is -3.12. The average Bonchev–Trinajstić information content (AvgIpc) is 2.69. The van der Waals surface area contributed by atoms with Gasteiger partial charge in [0, 0.05) is 11.8 Å². The molecule has 0 unspecified atom stereocenters. The number of aromatic nitrogens is 2. The molecule has 0 aliphatic heterocycles. The third-order valence-electron chi connectivity index (χ3n) is 1.89. The molecule has 0 fully saturated rings. The van der Waals surface area contributed by atoms with Crippen LogP contribution >= 0.6 is 11.3 Å². The van der Waals surface area contributed by atoms with Crippen molar-refractivity contribution in [2.24, 2.45) is 0 Å². The van der Waals surface area contributed by atoms with E-state index in [1.165, 1.54) is 17.6 Å². The van der Waals surface area contributed by atoms with E-state index in [2.05, 4.69) is 10.2 Å². The Labute approximate surface area is 91.5 Å². The molecule has 0 aliphatic carbocycles. The van der Waals surface area contributed by atoms with E-state index in [9.17, 15) is 8.42 Å². The number of nitrogens with zero attached hydrogens (tertiary/aromatic N) is 2. The normalized spacial score (nSPS) is 11.5. The molecular formula is C9H8N2O2S2.